The summed E-state index contributed by atoms with van der Waals surface area (Å²) >= 11 is 0. The van der Waals surface area contributed by atoms with E-state index in [1.54, 1.807) is 30.3 Å². The number of esters is 1. The Morgan fingerprint density at radius 3 is 2.41 bits per heavy atom. The van der Waals surface area contributed by atoms with E-state index in [4.69, 9.17) is 4.74 Å². The smallest absolute Gasteiger partial charge is 0.339 e. The van der Waals surface area contributed by atoms with E-state index in [9.17, 15) is 14.4 Å². The molecule has 1 spiro atoms. The first-order valence-electron chi connectivity index (χ1n) is 12.8. The van der Waals surface area contributed by atoms with Gasteiger partial charge in [0.05, 0.1) is 17.5 Å². The van der Waals surface area contributed by atoms with Crippen LogP contribution in [0.1, 0.15) is 58.2 Å². The minimum absolute atomic E-state index is 0.0989. The van der Waals surface area contributed by atoms with Gasteiger partial charge < -0.3 is 14.5 Å². The summed E-state index contributed by atoms with van der Waals surface area (Å²) in [7, 11) is 1.76. The summed E-state index contributed by atoms with van der Waals surface area (Å²) in [5.74, 6) is -0.286. The number of amides is 2. The lowest BCUT2D eigenvalue weighted by Gasteiger charge is -2.27. The molecule has 0 N–H and O–H groups in total. The van der Waals surface area contributed by atoms with Crippen LogP contribution in [-0.2, 0) is 20.5 Å². The van der Waals surface area contributed by atoms with Gasteiger partial charge in [-0.2, -0.15) is 0 Å². The molecule has 0 radical (unpaired) electrons. The van der Waals surface area contributed by atoms with Crippen molar-refractivity contribution >= 4 is 17.8 Å². The van der Waals surface area contributed by atoms with Crippen molar-refractivity contribution in [3.63, 3.8) is 0 Å². The van der Waals surface area contributed by atoms with Crippen molar-refractivity contribution < 1.29 is 19.1 Å². The Bertz CT molecular complexity index is 1400. The van der Waals surface area contributed by atoms with Gasteiger partial charge in [-0.1, -0.05) is 48.5 Å². The molecule has 2 aliphatic heterocycles. The SMILES string of the molecule is CCN(C)C(=O)c1ccc(-c2ccc(C3(C(=O)N4CC[C@@]5(C4)OC(=O)c4ccccc45)CC3)cc2)cn1. The van der Waals surface area contributed by atoms with Crippen molar-refractivity contribution in [2.24, 2.45) is 0 Å². The normalized spacial score (nSPS) is 21.0. The van der Waals surface area contributed by atoms with Crippen molar-refractivity contribution in [1.82, 2.24) is 14.8 Å². The third-order valence-corrected chi connectivity index (χ3v) is 8.18. The van der Waals surface area contributed by atoms with Gasteiger partial charge in [0.25, 0.3) is 5.91 Å². The van der Waals surface area contributed by atoms with E-state index < -0.39 is 11.0 Å². The zero-order chi connectivity index (χ0) is 25.8. The van der Waals surface area contributed by atoms with Gasteiger partial charge in [-0.25, -0.2) is 4.79 Å². The number of pyridine rings is 1. The summed E-state index contributed by atoms with van der Waals surface area (Å²) in [5.41, 5.74) is 3.60. The molecule has 3 aromatic rings. The lowest BCUT2D eigenvalue weighted by molar-refractivity contribution is -0.134. The summed E-state index contributed by atoms with van der Waals surface area (Å²) in [5, 5.41) is 0. The van der Waals surface area contributed by atoms with E-state index in [0.717, 1.165) is 35.1 Å². The number of aromatic nitrogens is 1. The Balaban J connectivity index is 1.18. The van der Waals surface area contributed by atoms with Crippen LogP contribution in [0.15, 0.2) is 66.9 Å². The first kappa shape index (κ1) is 23.4. The Labute approximate surface area is 216 Å². The zero-order valence-corrected chi connectivity index (χ0v) is 21.1. The second kappa shape index (κ2) is 8.54. The molecule has 2 amide bonds. The molecule has 0 bridgehead atoms. The van der Waals surface area contributed by atoms with E-state index >= 15 is 0 Å². The van der Waals surface area contributed by atoms with Gasteiger partial charge in [0.2, 0.25) is 5.91 Å². The molecule has 7 nitrogen and oxygen atoms in total. The average molecular weight is 496 g/mol. The number of rotatable bonds is 5. The summed E-state index contributed by atoms with van der Waals surface area (Å²) in [4.78, 5) is 46.3. The first-order valence-corrected chi connectivity index (χ1v) is 12.8. The molecule has 1 atom stereocenters. The standard InChI is InChI=1S/C30H29N3O4/c1-3-32(2)26(34)25-13-10-21(18-31-25)20-8-11-22(12-9-20)29(14-15-29)28(36)33-17-16-30(19-33)24-7-5-4-6-23(24)27(35)37-30/h4-13,18H,3,14-17,19H2,1-2H3/t30-/m0/s1. The lowest BCUT2D eigenvalue weighted by Crippen LogP contribution is -2.40. The summed E-state index contributed by atoms with van der Waals surface area (Å²) in [6.45, 7) is 3.53. The van der Waals surface area contributed by atoms with Crippen LogP contribution >= 0.6 is 0 Å². The molecule has 2 fully saturated rings. The summed E-state index contributed by atoms with van der Waals surface area (Å²) in [6.07, 6.45) is 3.97. The van der Waals surface area contributed by atoms with Crippen LogP contribution in [0.4, 0.5) is 0 Å². The van der Waals surface area contributed by atoms with Gasteiger partial charge in [-0.3, -0.25) is 14.6 Å². The van der Waals surface area contributed by atoms with Crippen LogP contribution in [0.3, 0.4) is 0 Å². The number of carbonyl (C=O) groups is 3. The van der Waals surface area contributed by atoms with Crippen LogP contribution in [0.2, 0.25) is 0 Å². The molecule has 3 aliphatic rings. The zero-order valence-electron chi connectivity index (χ0n) is 21.1. The van der Waals surface area contributed by atoms with Crippen LogP contribution in [0, 0.1) is 0 Å². The quantitative estimate of drug-likeness (QED) is 0.497. The lowest BCUT2D eigenvalue weighted by atomic mass is 9.91. The van der Waals surface area contributed by atoms with Gasteiger partial charge in [-0.15, -0.1) is 0 Å². The van der Waals surface area contributed by atoms with Crippen molar-refractivity contribution in [2.75, 3.05) is 26.7 Å². The van der Waals surface area contributed by atoms with Crippen molar-refractivity contribution in [3.8, 4) is 11.1 Å². The highest BCUT2D eigenvalue weighted by Gasteiger charge is 2.57. The van der Waals surface area contributed by atoms with E-state index in [2.05, 4.69) is 4.98 Å². The fourth-order valence-corrected chi connectivity index (χ4v) is 5.67. The monoisotopic (exact) mass is 495 g/mol. The number of carbonyl (C=O) groups excluding carboxylic acids is 3. The van der Waals surface area contributed by atoms with Crippen LogP contribution < -0.4 is 0 Å². The Hall–Kier alpha value is -4.00. The van der Waals surface area contributed by atoms with Gasteiger partial charge in [0, 0.05) is 43.9 Å². The van der Waals surface area contributed by atoms with E-state index in [-0.39, 0.29) is 17.8 Å². The van der Waals surface area contributed by atoms with Crippen molar-refractivity contribution in [1.29, 1.82) is 0 Å². The van der Waals surface area contributed by atoms with E-state index in [1.165, 1.54) is 0 Å². The molecule has 6 rings (SSSR count). The summed E-state index contributed by atoms with van der Waals surface area (Å²) < 4.78 is 5.84. The van der Waals surface area contributed by atoms with E-state index in [0.29, 0.717) is 37.3 Å². The molecule has 1 saturated heterocycles. The summed E-state index contributed by atoms with van der Waals surface area (Å²) in [6, 6.07) is 19.2. The molecular weight excluding hydrogens is 466 g/mol. The molecule has 7 heteroatoms. The van der Waals surface area contributed by atoms with Crippen LogP contribution in [0.25, 0.3) is 11.1 Å². The number of hydrogen-bond donors (Lipinski definition) is 0. The molecule has 3 heterocycles. The number of fused-ring (bicyclic) bond motifs is 2. The van der Waals surface area contributed by atoms with Gasteiger partial charge in [-0.05, 0) is 43.0 Å². The van der Waals surface area contributed by atoms with Gasteiger partial charge in [0.1, 0.15) is 5.69 Å². The molecule has 1 aromatic heterocycles. The molecule has 1 aliphatic carbocycles. The molecule has 1 saturated carbocycles. The maximum Gasteiger partial charge on any atom is 0.339 e. The van der Waals surface area contributed by atoms with Crippen LogP contribution in [-0.4, -0.2) is 59.2 Å². The van der Waals surface area contributed by atoms with Gasteiger partial charge in [0.15, 0.2) is 5.60 Å². The Morgan fingerprint density at radius 2 is 1.73 bits per heavy atom. The molecule has 2 aromatic carbocycles. The van der Waals surface area contributed by atoms with E-state index in [1.807, 2.05) is 60.4 Å². The number of hydrogen-bond acceptors (Lipinski definition) is 5. The predicted molar refractivity (Wildman–Crippen MR) is 138 cm³/mol. The predicted octanol–water partition coefficient (Wildman–Crippen LogP) is 4.17. The largest absolute Gasteiger partial charge is 0.449 e. The number of likely N-dealkylation sites (tertiary alicyclic amines) is 1. The minimum Gasteiger partial charge on any atom is -0.449 e. The van der Waals surface area contributed by atoms with Crippen LogP contribution in [0.5, 0.6) is 0 Å². The molecule has 0 unspecified atom stereocenters. The Morgan fingerprint density at radius 1 is 1.00 bits per heavy atom. The van der Waals surface area contributed by atoms with Crippen molar-refractivity contribution in [3.05, 3.63) is 89.2 Å². The Kier molecular flexibility index (Phi) is 5.40. The fraction of sp³-hybridized carbons (Fsp3) is 0.333. The number of ether oxygens (including phenoxy) is 1. The third-order valence-electron chi connectivity index (χ3n) is 8.18. The number of benzene rings is 2. The highest BCUT2D eigenvalue weighted by Crippen LogP contribution is 2.52. The molecule has 188 valence electrons. The highest BCUT2D eigenvalue weighted by molar-refractivity contribution is 5.96. The average Bonchev–Trinajstić information content (AvgIpc) is 3.58. The maximum absolute atomic E-state index is 13.7. The minimum atomic E-state index is -0.726. The topological polar surface area (TPSA) is 79.8 Å². The molecule has 37 heavy (non-hydrogen) atoms. The second-order valence-corrected chi connectivity index (χ2v) is 10.3. The first-order chi connectivity index (χ1) is 17.9. The molecular formula is C30H29N3O4. The van der Waals surface area contributed by atoms with Gasteiger partial charge >= 0.3 is 5.97 Å². The third kappa shape index (κ3) is 3.72. The second-order valence-electron chi connectivity index (χ2n) is 10.3. The fourth-order valence-electron chi connectivity index (χ4n) is 5.67. The maximum atomic E-state index is 13.7. The van der Waals surface area contributed by atoms with Crippen molar-refractivity contribution in [2.45, 2.75) is 37.2 Å². The highest BCUT2D eigenvalue weighted by atomic mass is 16.6. The number of nitrogens with zero attached hydrogens (tertiary/aromatic N) is 3.